The van der Waals surface area contributed by atoms with E-state index < -0.39 is 29.7 Å². The average molecular weight is 339 g/mol. The predicted molar refractivity (Wildman–Crippen MR) is 85.6 cm³/mol. The van der Waals surface area contributed by atoms with Gasteiger partial charge in [-0.15, -0.1) is 0 Å². The highest BCUT2D eigenvalue weighted by molar-refractivity contribution is 5.71. The Labute approximate surface area is 136 Å². The van der Waals surface area contributed by atoms with Crippen LogP contribution in [0.25, 0.3) is 11.2 Å². The number of hydrogen-bond donors (Lipinski definition) is 4. The highest BCUT2D eigenvalue weighted by Gasteiger charge is 2.38. The third-order valence-corrected chi connectivity index (χ3v) is 4.19. The molecule has 0 aromatic carbocycles. The first-order valence-corrected chi connectivity index (χ1v) is 7.92. The van der Waals surface area contributed by atoms with Crippen LogP contribution in [0.4, 0.5) is 5.95 Å². The van der Waals surface area contributed by atoms with Gasteiger partial charge in [-0.25, -0.2) is 9.36 Å². The van der Waals surface area contributed by atoms with E-state index in [9.17, 15) is 19.8 Å². The van der Waals surface area contributed by atoms with Crippen molar-refractivity contribution in [1.82, 2.24) is 19.1 Å². The minimum atomic E-state index is -1.02. The molecule has 3 heterocycles. The normalized spacial score (nSPS) is 24.0. The summed E-state index contributed by atoms with van der Waals surface area (Å²) in [7, 11) is 0. The third-order valence-electron chi connectivity index (χ3n) is 4.19. The van der Waals surface area contributed by atoms with Crippen LogP contribution in [0.1, 0.15) is 32.4 Å². The number of hydrogen-bond acceptors (Lipinski definition) is 7. The summed E-state index contributed by atoms with van der Waals surface area (Å²) in [6.07, 6.45) is -0.857. The molecule has 0 amide bonds. The van der Waals surface area contributed by atoms with Gasteiger partial charge in [-0.2, -0.15) is 4.98 Å². The zero-order valence-corrected chi connectivity index (χ0v) is 13.3. The minimum absolute atomic E-state index is 0.0694. The summed E-state index contributed by atoms with van der Waals surface area (Å²) < 4.78 is 8.03. The van der Waals surface area contributed by atoms with Gasteiger partial charge in [-0.1, -0.05) is 13.3 Å². The summed E-state index contributed by atoms with van der Waals surface area (Å²) in [4.78, 5) is 31.6. The van der Waals surface area contributed by atoms with Crippen molar-refractivity contribution in [1.29, 1.82) is 0 Å². The molecule has 24 heavy (non-hydrogen) atoms. The molecule has 2 aromatic heterocycles. The van der Waals surface area contributed by atoms with Crippen LogP contribution >= 0.6 is 0 Å². The maximum atomic E-state index is 12.8. The summed E-state index contributed by atoms with van der Waals surface area (Å²) >= 11 is 0. The SMILES string of the molecule is CCCCn1c(=O)n([C@@H]2O[C@H](CO)C[C@H]2O)c2nc(N)[nH]c(=O)c21. The van der Waals surface area contributed by atoms with E-state index in [-0.39, 0.29) is 30.1 Å². The number of fused-ring (bicyclic) bond motifs is 1. The molecule has 1 aliphatic heterocycles. The van der Waals surface area contributed by atoms with Gasteiger partial charge < -0.3 is 20.7 Å². The van der Waals surface area contributed by atoms with E-state index in [1.165, 1.54) is 4.57 Å². The number of rotatable bonds is 5. The van der Waals surface area contributed by atoms with Crippen LogP contribution in [0.15, 0.2) is 9.59 Å². The van der Waals surface area contributed by atoms with E-state index in [0.717, 1.165) is 11.0 Å². The third kappa shape index (κ3) is 2.62. The van der Waals surface area contributed by atoms with E-state index in [1.807, 2.05) is 6.92 Å². The molecule has 0 spiro atoms. The van der Waals surface area contributed by atoms with Gasteiger partial charge in [0.1, 0.15) is 6.10 Å². The van der Waals surface area contributed by atoms with E-state index >= 15 is 0 Å². The quantitative estimate of drug-likeness (QED) is 0.541. The zero-order valence-electron chi connectivity index (χ0n) is 13.3. The van der Waals surface area contributed by atoms with Crippen molar-refractivity contribution in [2.45, 2.75) is 51.2 Å². The number of ether oxygens (including phenoxy) is 1. The van der Waals surface area contributed by atoms with Crippen LogP contribution in [-0.2, 0) is 11.3 Å². The Morgan fingerprint density at radius 2 is 2.21 bits per heavy atom. The number of nitrogens with two attached hydrogens (primary N) is 1. The number of nitrogen functional groups attached to an aromatic ring is 1. The molecule has 0 unspecified atom stereocenters. The first kappa shape index (κ1) is 16.7. The Morgan fingerprint density at radius 1 is 1.46 bits per heavy atom. The van der Waals surface area contributed by atoms with Crippen molar-refractivity contribution in [3.63, 3.8) is 0 Å². The number of aliphatic hydroxyl groups is 2. The molecule has 0 radical (unpaired) electrons. The Bertz CT molecular complexity index is 854. The second-order valence-corrected chi connectivity index (χ2v) is 5.92. The lowest BCUT2D eigenvalue weighted by Gasteiger charge is -2.15. The lowest BCUT2D eigenvalue weighted by molar-refractivity contribution is -0.0505. The van der Waals surface area contributed by atoms with Crippen molar-refractivity contribution < 1.29 is 14.9 Å². The molecular weight excluding hydrogens is 318 g/mol. The maximum absolute atomic E-state index is 12.8. The summed E-state index contributed by atoms with van der Waals surface area (Å²) in [5.74, 6) is -0.125. The number of anilines is 1. The molecule has 10 heteroatoms. The Kier molecular flexibility index (Phi) is 4.43. The van der Waals surface area contributed by atoms with Crippen molar-refractivity contribution >= 4 is 17.1 Å². The van der Waals surface area contributed by atoms with Crippen molar-refractivity contribution in [2.75, 3.05) is 12.3 Å². The van der Waals surface area contributed by atoms with Gasteiger partial charge in [-0.3, -0.25) is 14.3 Å². The molecular formula is C14H21N5O5. The highest BCUT2D eigenvalue weighted by atomic mass is 16.5. The molecule has 0 bridgehead atoms. The lowest BCUT2D eigenvalue weighted by Crippen LogP contribution is -2.32. The van der Waals surface area contributed by atoms with Crippen LogP contribution < -0.4 is 17.0 Å². The fourth-order valence-corrected chi connectivity index (χ4v) is 3.03. The van der Waals surface area contributed by atoms with Crippen LogP contribution in [0.5, 0.6) is 0 Å². The predicted octanol–water partition coefficient (Wildman–Crippen LogP) is -1.09. The number of nitrogens with one attached hydrogen (secondary N) is 1. The van der Waals surface area contributed by atoms with Gasteiger partial charge in [0.15, 0.2) is 17.4 Å². The molecule has 0 aliphatic carbocycles. The van der Waals surface area contributed by atoms with Crippen LogP contribution in [-0.4, -0.2) is 48.1 Å². The first-order chi connectivity index (χ1) is 11.5. The Balaban J connectivity index is 2.22. The number of aliphatic hydroxyl groups excluding tert-OH is 2. The van der Waals surface area contributed by atoms with E-state index in [4.69, 9.17) is 10.5 Å². The molecule has 1 fully saturated rings. The molecule has 0 saturated carbocycles. The smallest absolute Gasteiger partial charge is 0.332 e. The Hall–Kier alpha value is -2.17. The fourth-order valence-electron chi connectivity index (χ4n) is 3.03. The van der Waals surface area contributed by atoms with E-state index in [2.05, 4.69) is 9.97 Å². The molecule has 1 saturated heterocycles. The number of unbranched alkanes of at least 4 members (excludes halogenated alkanes) is 1. The number of aromatic nitrogens is 4. The monoisotopic (exact) mass is 339 g/mol. The number of aromatic amines is 1. The number of aryl methyl sites for hydroxylation is 1. The van der Waals surface area contributed by atoms with Crippen LogP contribution in [0, 0.1) is 0 Å². The highest BCUT2D eigenvalue weighted by Crippen LogP contribution is 2.29. The average Bonchev–Trinajstić information content (AvgIpc) is 3.02. The zero-order chi connectivity index (χ0) is 17.4. The summed E-state index contributed by atoms with van der Waals surface area (Å²) in [6.45, 7) is 2.05. The van der Waals surface area contributed by atoms with Gasteiger partial charge >= 0.3 is 5.69 Å². The molecule has 10 nitrogen and oxygen atoms in total. The fraction of sp³-hybridized carbons (Fsp3) is 0.643. The van der Waals surface area contributed by atoms with Crippen LogP contribution in [0.3, 0.4) is 0 Å². The first-order valence-electron chi connectivity index (χ1n) is 7.92. The van der Waals surface area contributed by atoms with Gasteiger partial charge in [0.25, 0.3) is 5.56 Å². The van der Waals surface area contributed by atoms with Crippen molar-refractivity contribution in [3.05, 3.63) is 20.8 Å². The van der Waals surface area contributed by atoms with Crippen molar-refractivity contribution in [3.8, 4) is 0 Å². The molecule has 132 valence electrons. The summed E-state index contributed by atoms with van der Waals surface area (Å²) in [5.41, 5.74) is 4.76. The topological polar surface area (TPSA) is 148 Å². The number of H-pyrrole nitrogens is 1. The number of imidazole rings is 1. The second kappa shape index (κ2) is 6.38. The summed E-state index contributed by atoms with van der Waals surface area (Å²) in [6, 6.07) is 0. The van der Waals surface area contributed by atoms with E-state index in [1.54, 1.807) is 0 Å². The van der Waals surface area contributed by atoms with E-state index in [0.29, 0.717) is 13.0 Å². The standard InChI is InChI=1S/C14H21N5O5/c1-2-3-4-18-9-10(16-13(15)17-11(9)22)19(14(18)23)12-8(21)5-7(6-20)24-12/h7-8,12,20-21H,2-6H2,1H3,(H3,15,16,17,22)/t7-,8+,12+/m0/s1. The number of nitrogens with zero attached hydrogens (tertiary/aromatic N) is 3. The molecule has 5 N–H and O–H groups in total. The minimum Gasteiger partial charge on any atom is -0.394 e. The lowest BCUT2D eigenvalue weighted by atomic mass is 10.2. The maximum Gasteiger partial charge on any atom is 0.332 e. The second-order valence-electron chi connectivity index (χ2n) is 5.92. The van der Waals surface area contributed by atoms with Gasteiger partial charge in [0.05, 0.1) is 12.7 Å². The molecule has 3 rings (SSSR count). The molecule has 1 aliphatic rings. The molecule has 3 atom stereocenters. The van der Waals surface area contributed by atoms with Crippen molar-refractivity contribution in [2.24, 2.45) is 0 Å². The Morgan fingerprint density at radius 3 is 2.83 bits per heavy atom. The van der Waals surface area contributed by atoms with Gasteiger partial charge in [0, 0.05) is 13.0 Å². The molecule has 2 aromatic rings. The van der Waals surface area contributed by atoms with Crippen LogP contribution in [0.2, 0.25) is 0 Å². The summed E-state index contributed by atoms with van der Waals surface area (Å²) in [5, 5.41) is 19.4. The van der Waals surface area contributed by atoms with Gasteiger partial charge in [-0.05, 0) is 6.42 Å². The van der Waals surface area contributed by atoms with Gasteiger partial charge in [0.2, 0.25) is 5.95 Å². The largest absolute Gasteiger partial charge is 0.394 e.